The molecule has 112 valence electrons. The molecule has 6 heteroatoms. The van der Waals surface area contributed by atoms with Crippen LogP contribution in [0, 0.1) is 6.92 Å². The van der Waals surface area contributed by atoms with Crippen molar-refractivity contribution in [1.29, 1.82) is 0 Å². The first-order valence-electron chi connectivity index (χ1n) is 6.45. The number of hydrogen-bond donors (Lipinski definition) is 1. The average Bonchev–Trinajstić information content (AvgIpc) is 2.38. The van der Waals surface area contributed by atoms with Crippen LogP contribution in [0.25, 0.3) is 0 Å². The largest absolute Gasteiger partial charge is 0.468 e. The van der Waals surface area contributed by atoms with Crippen molar-refractivity contribution in [2.45, 2.75) is 19.9 Å². The lowest BCUT2D eigenvalue weighted by Crippen LogP contribution is -2.31. The van der Waals surface area contributed by atoms with E-state index in [1.165, 1.54) is 7.11 Å². The predicted molar refractivity (Wildman–Crippen MR) is 78.3 cm³/mol. The van der Waals surface area contributed by atoms with Gasteiger partial charge in [-0.15, -0.1) is 0 Å². The molecule has 1 aromatic carbocycles. The monoisotopic (exact) mass is 299 g/mol. The van der Waals surface area contributed by atoms with E-state index >= 15 is 0 Å². The van der Waals surface area contributed by atoms with Crippen LogP contribution < -0.4 is 5.32 Å². The smallest absolute Gasteiger partial charge is 0.320 e. The van der Waals surface area contributed by atoms with Gasteiger partial charge in [-0.2, -0.15) is 0 Å². The number of carbonyl (C=O) groups excluding carboxylic acids is 1. The summed E-state index contributed by atoms with van der Waals surface area (Å²) >= 11 is 0. The number of methoxy groups -OCH3 is 1. The molecule has 1 unspecified atom stereocenters. The normalized spacial score (nSPS) is 12.9. The van der Waals surface area contributed by atoms with Gasteiger partial charge in [-0.1, -0.05) is 31.2 Å². The lowest BCUT2D eigenvalue weighted by molar-refractivity contribution is -0.137. The minimum Gasteiger partial charge on any atom is -0.468 e. The fourth-order valence-corrected chi connectivity index (χ4v) is 3.43. The van der Waals surface area contributed by atoms with E-state index in [1.807, 2.05) is 38.1 Å². The van der Waals surface area contributed by atoms with Crippen molar-refractivity contribution in [3.8, 4) is 0 Å². The summed E-state index contributed by atoms with van der Waals surface area (Å²) in [7, 11) is -2.33. The number of esters is 1. The zero-order chi connectivity index (χ0) is 15.2. The van der Waals surface area contributed by atoms with Gasteiger partial charge in [0.25, 0.3) is 0 Å². The molecular formula is C14H21NO4S. The van der Waals surface area contributed by atoms with Crippen LogP contribution in [0.1, 0.15) is 24.1 Å². The molecule has 0 aliphatic rings. The SMILES string of the molecule is CCNC(CS(=O)(=O)CC(=O)OC)c1ccccc1C. The van der Waals surface area contributed by atoms with E-state index in [0.717, 1.165) is 11.1 Å². The van der Waals surface area contributed by atoms with Crippen molar-refractivity contribution in [3.05, 3.63) is 35.4 Å². The van der Waals surface area contributed by atoms with Crippen LogP contribution in [0.5, 0.6) is 0 Å². The second-order valence-corrected chi connectivity index (χ2v) is 6.71. The summed E-state index contributed by atoms with van der Waals surface area (Å²) in [6.45, 7) is 4.50. The average molecular weight is 299 g/mol. The highest BCUT2D eigenvalue weighted by atomic mass is 32.2. The van der Waals surface area contributed by atoms with Crippen molar-refractivity contribution >= 4 is 15.8 Å². The molecule has 0 spiro atoms. The summed E-state index contributed by atoms with van der Waals surface area (Å²) in [5.41, 5.74) is 1.95. The number of benzene rings is 1. The Bertz CT molecular complexity index is 554. The fraction of sp³-hybridized carbons (Fsp3) is 0.500. The zero-order valence-corrected chi connectivity index (χ0v) is 12.9. The number of nitrogens with one attached hydrogen (secondary N) is 1. The molecular weight excluding hydrogens is 278 g/mol. The Kier molecular flexibility index (Phi) is 6.16. The van der Waals surface area contributed by atoms with Gasteiger partial charge in [-0.05, 0) is 24.6 Å². The third-order valence-corrected chi connectivity index (χ3v) is 4.52. The van der Waals surface area contributed by atoms with Crippen molar-refractivity contribution in [1.82, 2.24) is 5.32 Å². The van der Waals surface area contributed by atoms with E-state index in [4.69, 9.17) is 0 Å². The molecule has 0 aromatic heterocycles. The van der Waals surface area contributed by atoms with E-state index in [1.54, 1.807) is 0 Å². The summed E-state index contributed by atoms with van der Waals surface area (Å²) in [6.07, 6.45) is 0. The Hall–Kier alpha value is -1.40. The van der Waals surface area contributed by atoms with Crippen molar-refractivity contribution in [2.24, 2.45) is 0 Å². The Morgan fingerprint density at radius 1 is 1.35 bits per heavy atom. The summed E-state index contributed by atoms with van der Waals surface area (Å²) in [5, 5.41) is 3.16. The third kappa shape index (κ3) is 4.94. The summed E-state index contributed by atoms with van der Waals surface area (Å²) < 4.78 is 28.5. The topological polar surface area (TPSA) is 72.5 Å². The number of carbonyl (C=O) groups is 1. The summed E-state index contributed by atoms with van der Waals surface area (Å²) in [4.78, 5) is 11.1. The maximum atomic E-state index is 12.0. The van der Waals surface area contributed by atoms with Crippen molar-refractivity contribution < 1.29 is 17.9 Å². The lowest BCUT2D eigenvalue weighted by atomic mass is 10.0. The molecule has 0 saturated carbocycles. The van der Waals surface area contributed by atoms with Gasteiger partial charge >= 0.3 is 5.97 Å². The van der Waals surface area contributed by atoms with Gasteiger partial charge in [0, 0.05) is 6.04 Å². The molecule has 5 nitrogen and oxygen atoms in total. The molecule has 0 heterocycles. The molecule has 1 aromatic rings. The standard InChI is InChI=1S/C14H21NO4S/c1-4-15-13(12-8-6-5-7-11(12)2)9-20(17,18)10-14(16)19-3/h5-8,13,15H,4,9-10H2,1-3H3. The van der Waals surface area contributed by atoms with Crippen LogP contribution in [-0.2, 0) is 19.4 Å². The van der Waals surface area contributed by atoms with Crippen LogP contribution in [-0.4, -0.2) is 39.5 Å². The fourth-order valence-electron chi connectivity index (χ4n) is 2.03. The Morgan fingerprint density at radius 2 is 2.00 bits per heavy atom. The van der Waals surface area contributed by atoms with Crippen molar-refractivity contribution in [2.75, 3.05) is 25.2 Å². The first-order valence-corrected chi connectivity index (χ1v) is 8.28. The van der Waals surface area contributed by atoms with Crippen LogP contribution in [0.15, 0.2) is 24.3 Å². The summed E-state index contributed by atoms with van der Waals surface area (Å²) in [6, 6.07) is 7.30. The number of hydrogen-bond acceptors (Lipinski definition) is 5. The Balaban J connectivity index is 2.93. The highest BCUT2D eigenvalue weighted by molar-refractivity contribution is 7.92. The molecule has 0 bridgehead atoms. The van der Waals surface area contributed by atoms with Gasteiger partial charge in [0.15, 0.2) is 9.84 Å². The maximum Gasteiger partial charge on any atom is 0.320 e. The first-order chi connectivity index (χ1) is 9.39. The molecule has 0 amide bonds. The van der Waals surface area contributed by atoms with E-state index < -0.39 is 21.6 Å². The molecule has 0 fully saturated rings. The quantitative estimate of drug-likeness (QED) is 0.767. The highest BCUT2D eigenvalue weighted by Gasteiger charge is 2.24. The van der Waals surface area contributed by atoms with Crippen LogP contribution >= 0.6 is 0 Å². The molecule has 1 N–H and O–H groups in total. The molecule has 1 rings (SSSR count). The number of rotatable bonds is 7. The third-order valence-electron chi connectivity index (χ3n) is 3.00. The highest BCUT2D eigenvalue weighted by Crippen LogP contribution is 2.19. The van der Waals surface area contributed by atoms with Gasteiger partial charge in [0.1, 0.15) is 5.75 Å². The molecule has 0 saturated heterocycles. The minimum absolute atomic E-state index is 0.124. The van der Waals surface area contributed by atoms with Gasteiger partial charge in [-0.3, -0.25) is 4.79 Å². The second kappa shape index (κ2) is 7.40. The molecule has 20 heavy (non-hydrogen) atoms. The summed E-state index contributed by atoms with van der Waals surface area (Å²) in [5.74, 6) is -1.44. The molecule has 0 aliphatic carbocycles. The van der Waals surface area contributed by atoms with Gasteiger partial charge in [0.05, 0.1) is 12.9 Å². The maximum absolute atomic E-state index is 12.0. The minimum atomic E-state index is -3.52. The zero-order valence-electron chi connectivity index (χ0n) is 12.0. The Labute approximate surface area is 120 Å². The Morgan fingerprint density at radius 3 is 2.55 bits per heavy atom. The van der Waals surface area contributed by atoms with Crippen LogP contribution in [0.4, 0.5) is 0 Å². The molecule has 0 radical (unpaired) electrons. The van der Waals surface area contributed by atoms with E-state index in [0.29, 0.717) is 6.54 Å². The molecule has 0 aliphatic heterocycles. The van der Waals surface area contributed by atoms with Crippen LogP contribution in [0.3, 0.4) is 0 Å². The van der Waals surface area contributed by atoms with E-state index in [9.17, 15) is 13.2 Å². The predicted octanol–water partition coefficient (Wildman–Crippen LogP) is 1.23. The number of aryl methyl sites for hydroxylation is 1. The lowest BCUT2D eigenvalue weighted by Gasteiger charge is -2.20. The van der Waals surface area contributed by atoms with Gasteiger partial charge < -0.3 is 10.1 Å². The second-order valence-electron chi connectivity index (χ2n) is 4.60. The number of ether oxygens (including phenoxy) is 1. The first kappa shape index (κ1) is 16.7. The van der Waals surface area contributed by atoms with Gasteiger partial charge in [-0.25, -0.2) is 8.42 Å². The van der Waals surface area contributed by atoms with Crippen molar-refractivity contribution in [3.63, 3.8) is 0 Å². The molecule has 1 atom stereocenters. The van der Waals surface area contributed by atoms with E-state index in [2.05, 4.69) is 10.1 Å². The van der Waals surface area contributed by atoms with Crippen LogP contribution in [0.2, 0.25) is 0 Å². The van der Waals surface area contributed by atoms with E-state index in [-0.39, 0.29) is 11.8 Å². The van der Waals surface area contributed by atoms with Gasteiger partial charge in [0.2, 0.25) is 0 Å². The number of sulfone groups is 1.